The Morgan fingerprint density at radius 2 is 2.00 bits per heavy atom. The van der Waals surface area contributed by atoms with Crippen LogP contribution in [0.3, 0.4) is 0 Å². The summed E-state index contributed by atoms with van der Waals surface area (Å²) in [6, 6.07) is 11.8. The van der Waals surface area contributed by atoms with Gasteiger partial charge in [0.1, 0.15) is 11.6 Å². The van der Waals surface area contributed by atoms with Crippen LogP contribution in [0, 0.1) is 11.7 Å². The third kappa shape index (κ3) is 4.95. The molecule has 0 spiro atoms. The van der Waals surface area contributed by atoms with E-state index in [1.54, 1.807) is 6.07 Å². The average Bonchev–Trinajstić information content (AvgIpc) is 3.64. The summed E-state index contributed by atoms with van der Waals surface area (Å²) in [6.07, 6.45) is 3.45. The van der Waals surface area contributed by atoms with Crippen LogP contribution in [0.25, 0.3) is 0 Å². The lowest BCUT2D eigenvalue weighted by Crippen LogP contribution is -2.40. The molecule has 5 nitrogen and oxygen atoms in total. The molecule has 1 aliphatic heterocycles. The fourth-order valence-corrected chi connectivity index (χ4v) is 4.34. The van der Waals surface area contributed by atoms with E-state index < -0.39 is 6.10 Å². The molecule has 0 aromatic heterocycles. The van der Waals surface area contributed by atoms with Crippen LogP contribution in [-0.4, -0.2) is 35.9 Å². The monoisotopic (exact) mass is 438 g/mol. The van der Waals surface area contributed by atoms with E-state index in [1.165, 1.54) is 25.0 Å². The minimum Gasteiger partial charge on any atom is -0.481 e. The van der Waals surface area contributed by atoms with Gasteiger partial charge >= 0.3 is 0 Å². The van der Waals surface area contributed by atoms with E-state index in [4.69, 9.17) is 4.74 Å². The number of fused-ring (bicyclic) bond motifs is 1. The van der Waals surface area contributed by atoms with Crippen molar-refractivity contribution in [1.29, 1.82) is 0 Å². The van der Waals surface area contributed by atoms with Crippen molar-refractivity contribution < 1.29 is 18.7 Å². The number of nitrogens with one attached hydrogen (secondary N) is 1. The number of hydrogen-bond donors (Lipinski definition) is 1. The Morgan fingerprint density at radius 1 is 1.19 bits per heavy atom. The molecule has 32 heavy (non-hydrogen) atoms. The maximum Gasteiger partial charge on any atom is 0.261 e. The van der Waals surface area contributed by atoms with Crippen molar-refractivity contribution in [3.05, 3.63) is 65.0 Å². The van der Waals surface area contributed by atoms with Gasteiger partial charge in [0, 0.05) is 19.5 Å². The number of hydrogen-bond acceptors (Lipinski definition) is 3. The highest BCUT2D eigenvalue weighted by Gasteiger charge is 2.32. The normalized spacial score (nSPS) is 18.6. The Labute approximate surface area is 188 Å². The molecular formula is C26H31FN2O3. The van der Waals surface area contributed by atoms with Gasteiger partial charge < -0.3 is 15.0 Å². The van der Waals surface area contributed by atoms with Gasteiger partial charge in [0.05, 0.1) is 6.04 Å². The van der Waals surface area contributed by atoms with Crippen LogP contribution in [0.4, 0.5) is 4.39 Å². The highest BCUT2D eigenvalue weighted by molar-refractivity contribution is 5.81. The minimum absolute atomic E-state index is 0.0297. The molecule has 2 aromatic carbocycles. The predicted octanol–water partition coefficient (Wildman–Crippen LogP) is 4.39. The summed E-state index contributed by atoms with van der Waals surface area (Å²) in [4.78, 5) is 27.1. The fourth-order valence-electron chi connectivity index (χ4n) is 4.34. The second kappa shape index (κ2) is 9.72. The molecule has 0 radical (unpaired) electrons. The average molecular weight is 439 g/mol. The van der Waals surface area contributed by atoms with Crippen LogP contribution >= 0.6 is 0 Å². The number of halogens is 1. The number of ether oxygens (including phenoxy) is 1. The summed E-state index contributed by atoms with van der Waals surface area (Å²) in [6.45, 7) is 5.06. The summed E-state index contributed by atoms with van der Waals surface area (Å²) < 4.78 is 20.1. The number of nitrogens with zero attached hydrogens (tertiary/aromatic N) is 1. The fraction of sp³-hybridized carbons (Fsp3) is 0.462. The number of benzene rings is 2. The molecule has 0 unspecified atom stereocenters. The van der Waals surface area contributed by atoms with Gasteiger partial charge in [-0.2, -0.15) is 0 Å². The van der Waals surface area contributed by atoms with Crippen molar-refractivity contribution in [2.24, 2.45) is 5.92 Å². The van der Waals surface area contributed by atoms with E-state index in [2.05, 4.69) is 5.32 Å². The van der Waals surface area contributed by atoms with Crippen LogP contribution in [-0.2, 0) is 16.0 Å². The minimum atomic E-state index is -0.573. The van der Waals surface area contributed by atoms with Crippen LogP contribution in [0.5, 0.6) is 5.75 Å². The van der Waals surface area contributed by atoms with E-state index in [9.17, 15) is 14.0 Å². The van der Waals surface area contributed by atoms with Crippen molar-refractivity contribution in [3.63, 3.8) is 0 Å². The number of amides is 2. The third-order valence-corrected chi connectivity index (χ3v) is 6.34. The molecule has 2 aromatic rings. The lowest BCUT2D eigenvalue weighted by molar-refractivity contribution is -0.133. The molecule has 1 heterocycles. The molecule has 6 heteroatoms. The van der Waals surface area contributed by atoms with Gasteiger partial charge in [-0.1, -0.05) is 32.0 Å². The van der Waals surface area contributed by atoms with Gasteiger partial charge in [-0.05, 0) is 72.6 Å². The van der Waals surface area contributed by atoms with Crippen molar-refractivity contribution in [1.82, 2.24) is 10.2 Å². The lowest BCUT2D eigenvalue weighted by Gasteiger charge is -2.38. The molecule has 1 N–H and O–H groups in total. The standard InChI is InChI=1S/C26H31FN2O3/c1-3-23(26(31)28-16-17-8-9-17)32-21-11-10-18-12-13-29(24(30)4-2)25(22(18)15-21)19-6-5-7-20(27)14-19/h5-7,10-11,14-15,17,23,25H,3-4,8-9,12-13,16H2,1-2H3,(H,28,31)/t23-,25+/m1/s1. The molecule has 1 fully saturated rings. The van der Waals surface area contributed by atoms with Gasteiger partial charge in [-0.25, -0.2) is 4.39 Å². The molecular weight excluding hydrogens is 407 g/mol. The van der Waals surface area contributed by atoms with E-state index in [0.29, 0.717) is 37.6 Å². The van der Waals surface area contributed by atoms with Crippen molar-refractivity contribution in [2.45, 2.75) is 58.1 Å². The van der Waals surface area contributed by atoms with E-state index in [-0.39, 0.29) is 23.7 Å². The molecule has 1 aliphatic carbocycles. The molecule has 0 saturated heterocycles. The molecule has 170 valence electrons. The van der Waals surface area contributed by atoms with Crippen LogP contribution in [0.1, 0.15) is 62.3 Å². The zero-order chi connectivity index (χ0) is 22.7. The largest absolute Gasteiger partial charge is 0.481 e. The summed E-state index contributed by atoms with van der Waals surface area (Å²) in [5, 5.41) is 2.99. The summed E-state index contributed by atoms with van der Waals surface area (Å²) >= 11 is 0. The van der Waals surface area contributed by atoms with Gasteiger partial charge in [-0.3, -0.25) is 9.59 Å². The molecule has 2 atom stereocenters. The first-order valence-corrected chi connectivity index (χ1v) is 11.6. The SMILES string of the molecule is CCC(=O)N1CCc2ccc(O[C@H](CC)C(=O)NCC3CC3)cc2[C@@H]1c1cccc(F)c1. The summed E-state index contributed by atoms with van der Waals surface area (Å²) in [5.41, 5.74) is 2.77. The van der Waals surface area contributed by atoms with Gasteiger partial charge in [0.15, 0.2) is 6.10 Å². The molecule has 2 aliphatic rings. The topological polar surface area (TPSA) is 58.6 Å². The van der Waals surface area contributed by atoms with E-state index in [0.717, 1.165) is 23.1 Å². The summed E-state index contributed by atoms with van der Waals surface area (Å²) in [7, 11) is 0. The lowest BCUT2D eigenvalue weighted by atomic mass is 9.87. The second-order valence-electron chi connectivity index (χ2n) is 8.71. The van der Waals surface area contributed by atoms with Gasteiger partial charge in [0.25, 0.3) is 5.91 Å². The van der Waals surface area contributed by atoms with Crippen molar-refractivity contribution in [3.8, 4) is 5.75 Å². The molecule has 0 bridgehead atoms. The zero-order valence-electron chi connectivity index (χ0n) is 18.8. The van der Waals surface area contributed by atoms with E-state index >= 15 is 0 Å². The van der Waals surface area contributed by atoms with Gasteiger partial charge in [-0.15, -0.1) is 0 Å². The predicted molar refractivity (Wildman–Crippen MR) is 121 cm³/mol. The molecule has 1 saturated carbocycles. The second-order valence-corrected chi connectivity index (χ2v) is 8.71. The number of carbonyl (C=O) groups is 2. The highest BCUT2D eigenvalue weighted by atomic mass is 19.1. The first-order valence-electron chi connectivity index (χ1n) is 11.6. The van der Waals surface area contributed by atoms with E-state index in [1.807, 2.05) is 43.0 Å². The Morgan fingerprint density at radius 3 is 2.69 bits per heavy atom. The number of carbonyl (C=O) groups excluding carboxylic acids is 2. The third-order valence-electron chi connectivity index (χ3n) is 6.34. The maximum absolute atomic E-state index is 14.1. The van der Waals surface area contributed by atoms with Crippen LogP contribution in [0.2, 0.25) is 0 Å². The Hall–Kier alpha value is -2.89. The quantitative estimate of drug-likeness (QED) is 0.665. The first kappa shape index (κ1) is 22.3. The Kier molecular flexibility index (Phi) is 6.77. The first-order chi connectivity index (χ1) is 15.5. The highest BCUT2D eigenvalue weighted by Crippen LogP contribution is 2.38. The summed E-state index contributed by atoms with van der Waals surface area (Å²) in [5.74, 6) is 0.798. The van der Waals surface area contributed by atoms with Crippen molar-refractivity contribution >= 4 is 11.8 Å². The van der Waals surface area contributed by atoms with Crippen LogP contribution in [0.15, 0.2) is 42.5 Å². The van der Waals surface area contributed by atoms with Crippen LogP contribution < -0.4 is 10.1 Å². The molecule has 4 rings (SSSR count). The smallest absolute Gasteiger partial charge is 0.261 e. The number of rotatable bonds is 8. The Balaban J connectivity index is 1.62. The Bertz CT molecular complexity index is 989. The molecule has 2 amide bonds. The zero-order valence-corrected chi connectivity index (χ0v) is 18.8. The van der Waals surface area contributed by atoms with Crippen molar-refractivity contribution in [2.75, 3.05) is 13.1 Å². The maximum atomic E-state index is 14.1. The van der Waals surface area contributed by atoms with Gasteiger partial charge in [0.2, 0.25) is 5.91 Å².